The Morgan fingerprint density at radius 3 is 2.53 bits per heavy atom. The van der Waals surface area contributed by atoms with Crippen LogP contribution in [-0.4, -0.2) is 57.5 Å². The van der Waals surface area contributed by atoms with Crippen LogP contribution in [0.2, 0.25) is 0 Å². The second-order valence-electron chi connectivity index (χ2n) is 10.1. The molecule has 2 fully saturated rings. The van der Waals surface area contributed by atoms with E-state index in [1.165, 1.54) is 24.1 Å². The monoisotopic (exact) mass is 460 g/mol. The molecule has 2 aromatic carbocycles. The Kier molecular flexibility index (Phi) is 6.34. The van der Waals surface area contributed by atoms with Gasteiger partial charge in [0.15, 0.2) is 0 Å². The van der Waals surface area contributed by atoms with Gasteiger partial charge in [-0.25, -0.2) is 9.97 Å². The van der Waals surface area contributed by atoms with Gasteiger partial charge in [0, 0.05) is 50.3 Å². The first-order valence-corrected chi connectivity index (χ1v) is 12.4. The molecule has 0 atom stereocenters. The van der Waals surface area contributed by atoms with Crippen molar-refractivity contribution in [2.45, 2.75) is 43.9 Å². The maximum Gasteiger partial charge on any atom is 0.140 e. The van der Waals surface area contributed by atoms with Crippen LogP contribution >= 0.6 is 0 Å². The summed E-state index contributed by atoms with van der Waals surface area (Å²) in [5, 5.41) is 1.14. The van der Waals surface area contributed by atoms with Gasteiger partial charge in [-0.15, -0.1) is 0 Å². The Labute approximate surface area is 202 Å². The van der Waals surface area contributed by atoms with Crippen molar-refractivity contribution in [1.29, 1.82) is 0 Å². The lowest BCUT2D eigenvalue weighted by Crippen LogP contribution is -2.34. The molecule has 0 spiro atoms. The molecule has 180 valence electrons. The van der Waals surface area contributed by atoms with Crippen molar-refractivity contribution in [3.05, 3.63) is 53.9 Å². The minimum atomic E-state index is 0.132. The number of anilines is 2. The number of ether oxygens (including phenoxy) is 2. The maximum absolute atomic E-state index is 5.64. The number of methoxy groups -OCH3 is 2. The molecule has 1 saturated heterocycles. The summed E-state index contributed by atoms with van der Waals surface area (Å²) in [6, 6.07) is 15.0. The van der Waals surface area contributed by atoms with E-state index in [1.807, 2.05) is 6.07 Å². The summed E-state index contributed by atoms with van der Waals surface area (Å²) >= 11 is 0. The zero-order chi connectivity index (χ0) is 23.7. The van der Waals surface area contributed by atoms with Gasteiger partial charge in [0.1, 0.15) is 17.4 Å². The van der Waals surface area contributed by atoms with Crippen LogP contribution in [0.15, 0.2) is 42.5 Å². The van der Waals surface area contributed by atoms with E-state index in [-0.39, 0.29) is 5.41 Å². The lowest BCUT2D eigenvalue weighted by atomic mass is 9.88. The van der Waals surface area contributed by atoms with Gasteiger partial charge in [-0.05, 0) is 61.4 Å². The molecule has 1 aliphatic carbocycles. The fourth-order valence-corrected chi connectivity index (χ4v) is 5.02. The molecule has 0 amide bonds. The largest absolute Gasteiger partial charge is 0.496 e. The predicted octanol–water partition coefficient (Wildman–Crippen LogP) is 5.16. The van der Waals surface area contributed by atoms with E-state index in [9.17, 15) is 0 Å². The molecule has 1 aliphatic heterocycles. The summed E-state index contributed by atoms with van der Waals surface area (Å²) in [6.45, 7) is 5.80. The fourth-order valence-electron chi connectivity index (χ4n) is 5.02. The van der Waals surface area contributed by atoms with Crippen LogP contribution in [0.3, 0.4) is 0 Å². The smallest absolute Gasteiger partial charge is 0.140 e. The molecule has 0 N–H and O–H groups in total. The molecule has 3 aromatic rings. The van der Waals surface area contributed by atoms with Crippen molar-refractivity contribution in [1.82, 2.24) is 9.97 Å². The molecule has 5 rings (SSSR count). The first-order chi connectivity index (χ1) is 16.5. The van der Waals surface area contributed by atoms with Gasteiger partial charge >= 0.3 is 0 Å². The van der Waals surface area contributed by atoms with Crippen LogP contribution in [0.1, 0.15) is 49.9 Å². The van der Waals surface area contributed by atoms with Crippen LogP contribution in [0, 0.1) is 0 Å². The van der Waals surface area contributed by atoms with Crippen molar-refractivity contribution >= 4 is 22.4 Å². The lowest BCUT2D eigenvalue weighted by Gasteiger charge is -2.34. The Balaban J connectivity index is 1.46. The Bertz CT molecular complexity index is 1150. The van der Waals surface area contributed by atoms with Crippen molar-refractivity contribution in [2.75, 3.05) is 57.3 Å². The van der Waals surface area contributed by atoms with Gasteiger partial charge in [-0.1, -0.05) is 25.1 Å². The number of hydrogen-bond acceptors (Lipinski definition) is 6. The number of likely N-dealkylation sites (N-methyl/N-ethyl adjacent to an activating group) is 1. The molecule has 0 bridgehead atoms. The average Bonchev–Trinajstić information content (AvgIpc) is 3.64. The van der Waals surface area contributed by atoms with Gasteiger partial charge in [0.05, 0.1) is 19.2 Å². The highest BCUT2D eigenvalue weighted by Crippen LogP contribution is 2.47. The van der Waals surface area contributed by atoms with Crippen molar-refractivity contribution in [2.24, 2.45) is 0 Å². The van der Waals surface area contributed by atoms with Crippen molar-refractivity contribution < 1.29 is 9.47 Å². The first kappa shape index (κ1) is 22.9. The number of hydrogen-bond donors (Lipinski definition) is 0. The number of piperidine rings is 1. The number of para-hydroxylation sites is 1. The second-order valence-corrected chi connectivity index (χ2v) is 10.1. The molecular weight excluding hydrogens is 424 g/mol. The van der Waals surface area contributed by atoms with E-state index >= 15 is 0 Å². The topological polar surface area (TPSA) is 50.7 Å². The number of benzene rings is 2. The normalized spacial score (nSPS) is 17.7. The van der Waals surface area contributed by atoms with Gasteiger partial charge < -0.3 is 19.3 Å². The van der Waals surface area contributed by atoms with E-state index in [0.29, 0.717) is 12.5 Å². The third kappa shape index (κ3) is 4.43. The number of rotatable bonds is 8. The number of aromatic nitrogens is 2. The maximum atomic E-state index is 5.64. The first-order valence-electron chi connectivity index (χ1n) is 12.4. The van der Waals surface area contributed by atoms with E-state index in [2.05, 4.69) is 60.2 Å². The van der Waals surface area contributed by atoms with Gasteiger partial charge in [-0.3, -0.25) is 0 Å². The molecule has 0 unspecified atom stereocenters. The lowest BCUT2D eigenvalue weighted by molar-refractivity contribution is 0.206. The fraction of sp³-hybridized carbons (Fsp3) is 0.500. The highest BCUT2D eigenvalue weighted by molar-refractivity contribution is 5.92. The van der Waals surface area contributed by atoms with Crippen LogP contribution in [0.4, 0.5) is 11.5 Å². The number of nitrogens with zero attached hydrogens (tertiary/aromatic N) is 4. The molecule has 0 radical (unpaired) electrons. The molecule has 6 heteroatoms. The van der Waals surface area contributed by atoms with Crippen LogP contribution in [0.25, 0.3) is 10.9 Å². The Morgan fingerprint density at radius 1 is 1.06 bits per heavy atom. The van der Waals surface area contributed by atoms with Crippen LogP contribution < -0.4 is 14.5 Å². The molecule has 2 heterocycles. The van der Waals surface area contributed by atoms with Gasteiger partial charge in [0.2, 0.25) is 0 Å². The SMILES string of the molecule is COCCN(C)c1ccc2nc(C3(C)CC3)nc(N3CCC(c4ccccc4OC)CC3)c2c1. The standard InChI is InChI=1S/C28H36N4O2/c1-28(13-14-28)27-29-24-10-9-21(31(2)17-18-33-3)19-23(24)26(30-27)32-15-11-20(12-16-32)22-7-5-6-8-25(22)34-4/h5-10,19-20H,11-18H2,1-4H3. The highest BCUT2D eigenvalue weighted by Gasteiger charge is 2.42. The molecule has 2 aliphatic rings. The molecule has 6 nitrogen and oxygen atoms in total. The summed E-state index contributed by atoms with van der Waals surface area (Å²) in [5.74, 6) is 3.61. The highest BCUT2D eigenvalue weighted by atomic mass is 16.5. The number of fused-ring (bicyclic) bond motifs is 1. The minimum Gasteiger partial charge on any atom is -0.496 e. The summed E-state index contributed by atoms with van der Waals surface area (Å²) in [5.41, 5.74) is 3.67. The van der Waals surface area contributed by atoms with Gasteiger partial charge in [-0.2, -0.15) is 0 Å². The van der Waals surface area contributed by atoms with E-state index in [1.54, 1.807) is 14.2 Å². The van der Waals surface area contributed by atoms with Crippen molar-refractivity contribution in [3.63, 3.8) is 0 Å². The summed E-state index contributed by atoms with van der Waals surface area (Å²) in [6.07, 6.45) is 4.52. The summed E-state index contributed by atoms with van der Waals surface area (Å²) in [4.78, 5) is 14.9. The third-order valence-corrected chi connectivity index (χ3v) is 7.64. The van der Waals surface area contributed by atoms with Crippen LogP contribution in [-0.2, 0) is 10.2 Å². The van der Waals surface area contributed by atoms with E-state index in [4.69, 9.17) is 19.4 Å². The molecule has 1 aromatic heterocycles. The predicted molar refractivity (Wildman–Crippen MR) is 138 cm³/mol. The molecule has 34 heavy (non-hydrogen) atoms. The third-order valence-electron chi connectivity index (χ3n) is 7.64. The Morgan fingerprint density at radius 2 is 1.82 bits per heavy atom. The molecule has 1 saturated carbocycles. The summed E-state index contributed by atoms with van der Waals surface area (Å²) < 4.78 is 10.9. The van der Waals surface area contributed by atoms with E-state index < -0.39 is 0 Å². The Hall–Kier alpha value is -2.86. The van der Waals surface area contributed by atoms with Gasteiger partial charge in [0.25, 0.3) is 0 Å². The second kappa shape index (κ2) is 9.41. The zero-order valence-corrected chi connectivity index (χ0v) is 20.9. The summed E-state index contributed by atoms with van der Waals surface area (Å²) in [7, 11) is 5.62. The quantitative estimate of drug-likeness (QED) is 0.463. The van der Waals surface area contributed by atoms with E-state index in [0.717, 1.165) is 60.8 Å². The average molecular weight is 461 g/mol. The zero-order valence-electron chi connectivity index (χ0n) is 20.9. The molecular formula is C28H36N4O2. The van der Waals surface area contributed by atoms with Crippen molar-refractivity contribution in [3.8, 4) is 5.75 Å². The minimum absolute atomic E-state index is 0.132. The van der Waals surface area contributed by atoms with Crippen LogP contribution in [0.5, 0.6) is 5.75 Å².